The maximum absolute atomic E-state index is 12.7. The zero-order valence-corrected chi connectivity index (χ0v) is 53.4. The molecule has 26 nitrogen and oxygen atoms in total. The molecule has 3 aliphatic rings. The van der Waals surface area contributed by atoms with Crippen molar-refractivity contribution in [3.8, 4) is 58.6 Å². The molecule has 0 spiro atoms. The average molecular weight is 1280 g/mol. The third kappa shape index (κ3) is 20.5. The van der Waals surface area contributed by atoms with Crippen molar-refractivity contribution in [1.29, 1.82) is 0 Å². The van der Waals surface area contributed by atoms with Crippen molar-refractivity contribution in [3.63, 3.8) is 0 Å². The number of methoxy groups -OCH3 is 3. The van der Waals surface area contributed by atoms with Gasteiger partial charge in [-0.2, -0.15) is 9.97 Å². The molecule has 1 aliphatic carbocycles. The Balaban J connectivity index is 0.000000167. The van der Waals surface area contributed by atoms with Crippen LogP contribution < -0.4 is 5.73 Å². The summed E-state index contributed by atoms with van der Waals surface area (Å²) in [6.07, 6.45) is 12.6. The van der Waals surface area contributed by atoms with Crippen LogP contribution >= 0.6 is 0 Å². The van der Waals surface area contributed by atoms with Crippen LogP contribution in [0.3, 0.4) is 0 Å². The number of amidine groups is 1. The van der Waals surface area contributed by atoms with Crippen LogP contribution in [0.5, 0.6) is 0 Å². The Morgan fingerprint density at radius 2 is 1.01 bits per heavy atom. The highest BCUT2D eigenvalue weighted by atomic mass is 16.6. The number of aliphatic carboxylic acids is 1. The summed E-state index contributed by atoms with van der Waals surface area (Å²) in [7, 11) is 4.86. The monoisotopic (exact) mass is 1280 g/mol. The molecule has 486 valence electrons. The molecule has 8 aromatic heterocycles. The van der Waals surface area contributed by atoms with Gasteiger partial charge < -0.3 is 48.8 Å². The van der Waals surface area contributed by atoms with E-state index in [4.69, 9.17) is 48.8 Å². The molecule has 2 aliphatic heterocycles. The lowest BCUT2D eigenvalue weighted by atomic mass is 10.1. The van der Waals surface area contributed by atoms with Gasteiger partial charge in [0, 0.05) is 94.0 Å². The van der Waals surface area contributed by atoms with E-state index < -0.39 is 41.4 Å². The normalized spacial score (nSPS) is 18.1. The molecule has 0 bridgehead atoms. The van der Waals surface area contributed by atoms with Gasteiger partial charge >= 0.3 is 18.2 Å². The third-order valence-corrected chi connectivity index (χ3v) is 14.1. The molecule has 6 atom stereocenters. The smallest absolute Gasteiger partial charge is 0.411 e. The Labute approximate surface area is 543 Å². The van der Waals surface area contributed by atoms with E-state index in [-0.39, 0.29) is 36.6 Å². The number of amides is 2. The largest absolute Gasteiger partial charge is 0.480 e. The Hall–Kier alpha value is -11.0. The van der Waals surface area contributed by atoms with Crippen LogP contribution in [0.2, 0.25) is 0 Å². The van der Waals surface area contributed by atoms with Gasteiger partial charge in [0.25, 0.3) is 0 Å². The molecule has 0 radical (unpaired) electrons. The number of carboxylic acids is 1. The summed E-state index contributed by atoms with van der Waals surface area (Å²) in [4.78, 5) is 72.6. The van der Waals surface area contributed by atoms with E-state index in [9.17, 15) is 14.4 Å². The second kappa shape index (κ2) is 32.9. The maximum Gasteiger partial charge on any atom is 0.411 e. The first kappa shape index (κ1) is 68.9. The molecule has 11 rings (SSSR count). The number of carbonyl (C=O) groups is 3. The van der Waals surface area contributed by atoms with Gasteiger partial charge in [0.05, 0.1) is 31.4 Å². The van der Waals surface area contributed by atoms with Gasteiger partial charge in [-0.15, -0.1) is 0 Å². The van der Waals surface area contributed by atoms with Crippen LogP contribution in [-0.2, 0) is 28.5 Å². The molecule has 26 heteroatoms. The molecular weight excluding hydrogens is 1200 g/mol. The Morgan fingerprint density at radius 1 is 0.553 bits per heavy atom. The van der Waals surface area contributed by atoms with Gasteiger partial charge in [-0.25, -0.2) is 29.3 Å². The zero-order chi connectivity index (χ0) is 67.2. The lowest BCUT2D eigenvalue weighted by Gasteiger charge is -2.26. The fourth-order valence-electron chi connectivity index (χ4n) is 9.40. The second-order valence-corrected chi connectivity index (χ2v) is 23.3. The molecular formula is C68H72N14O12. The van der Waals surface area contributed by atoms with E-state index in [2.05, 4.69) is 90.9 Å². The SMILES string of the molecule is CO[C@@H]1CC[C@H](c2nc(-c3ccc(C#Cc4ccccn4)cn3)no2)C1.CO[C@H]1C[C@@H](C(=O)O)N(C(=O)OC(C)(C)C)C1.CO[C@H]1C[C@@H](c2nc(-c3ccc(C#Cc4ccccn4)cn3)no2)N(C(=O)OC(C)(C)C)C1.N/C(=N\O)c1ccc(C#Cc2ccccn2)cn1. The van der Waals surface area contributed by atoms with Gasteiger partial charge in [0.2, 0.25) is 23.4 Å². The lowest BCUT2D eigenvalue weighted by Crippen LogP contribution is -2.43. The highest BCUT2D eigenvalue weighted by Crippen LogP contribution is 2.36. The molecule has 3 fully saturated rings. The number of pyridine rings is 6. The number of hydrogen-bond donors (Lipinski definition) is 3. The molecule has 8 aromatic rings. The van der Waals surface area contributed by atoms with Crippen molar-refractivity contribution in [2.24, 2.45) is 10.9 Å². The molecule has 2 saturated heterocycles. The predicted molar refractivity (Wildman–Crippen MR) is 341 cm³/mol. The fourth-order valence-corrected chi connectivity index (χ4v) is 9.40. The average Bonchev–Trinajstić information content (AvgIpc) is 1.68. The standard InChI is InChI=1S/C24H25N5O4.C20H18N4O2.C13H10N4O.C11H19NO5/c1-24(2,3)32-23(30)29-15-18(31-4)13-20(29)22-27-21(28-33-22)19-11-9-16(14-26-19)8-10-17-7-5-6-12-25-17;1-25-17-9-7-15(12-17)20-23-19(24-26-20)18-10-6-14(13-22-18)5-8-16-4-2-3-11-21-16;14-13(17-18)12-7-5-10(9-16-12)4-6-11-3-1-2-8-15-11;1-11(2,3)17-10(15)12-6-7(16-4)5-8(12)9(13)14/h5-7,9,11-12,14,18,20H,13,15H2,1-4H3;2-4,6,10-11,13,15,17H,7,9,12H2,1H3;1-3,5,7-9,18H,(H2,14,17);7-8H,5-6H2,1-4H3,(H,13,14)/t18-,20-;15-,17+;;7-,8-/m00.0/s1. The van der Waals surface area contributed by atoms with E-state index in [1.165, 1.54) is 12.0 Å². The van der Waals surface area contributed by atoms with Crippen molar-refractivity contribution in [2.45, 2.75) is 121 Å². The number of rotatable bonds is 9. The summed E-state index contributed by atoms with van der Waals surface area (Å²) >= 11 is 0. The number of ether oxygens (including phenoxy) is 5. The van der Waals surface area contributed by atoms with Crippen LogP contribution in [0.1, 0.15) is 137 Å². The van der Waals surface area contributed by atoms with Gasteiger partial charge in [-0.3, -0.25) is 24.8 Å². The van der Waals surface area contributed by atoms with Crippen molar-refractivity contribution < 1.29 is 57.4 Å². The molecule has 4 N–H and O–H groups in total. The highest BCUT2D eigenvalue weighted by molar-refractivity contribution is 5.95. The number of carboxylic acid groups (broad SMARTS) is 1. The summed E-state index contributed by atoms with van der Waals surface area (Å²) in [6, 6.07) is 26.2. The van der Waals surface area contributed by atoms with Gasteiger partial charge in [-0.05, 0) is 151 Å². The first-order valence-corrected chi connectivity index (χ1v) is 29.8. The summed E-state index contributed by atoms with van der Waals surface area (Å²) in [5.41, 5.74) is 10.2. The number of aromatic nitrogens is 10. The van der Waals surface area contributed by atoms with Gasteiger partial charge in [-0.1, -0.05) is 51.4 Å². The molecule has 10 heterocycles. The van der Waals surface area contributed by atoms with E-state index >= 15 is 0 Å². The molecule has 2 amide bonds. The fraction of sp³-hybridized carbons (Fsp3) is 0.353. The van der Waals surface area contributed by atoms with E-state index in [0.717, 1.165) is 41.6 Å². The van der Waals surface area contributed by atoms with Crippen LogP contribution in [-0.4, -0.2) is 164 Å². The third-order valence-electron chi connectivity index (χ3n) is 14.1. The van der Waals surface area contributed by atoms with Crippen LogP contribution in [0.25, 0.3) is 23.0 Å². The summed E-state index contributed by atoms with van der Waals surface area (Å²) < 4.78 is 37.6. The molecule has 0 unspecified atom stereocenters. The number of hydrogen-bond acceptors (Lipinski definition) is 22. The number of nitrogens with two attached hydrogens (primary N) is 1. The van der Waals surface area contributed by atoms with Crippen LogP contribution in [0, 0.1) is 35.5 Å². The number of nitrogens with zero attached hydrogens (tertiary/aromatic N) is 13. The zero-order valence-electron chi connectivity index (χ0n) is 53.4. The molecule has 1 saturated carbocycles. The highest BCUT2D eigenvalue weighted by Gasteiger charge is 2.43. The topological polar surface area (TPSA) is 338 Å². The maximum atomic E-state index is 12.7. The minimum atomic E-state index is -1.03. The quantitative estimate of drug-likeness (QED) is 0.0399. The minimum Gasteiger partial charge on any atom is -0.480 e. The summed E-state index contributed by atoms with van der Waals surface area (Å²) in [5.74, 6) is 18.9. The van der Waals surface area contributed by atoms with E-state index in [1.807, 2.05) is 93.6 Å². The van der Waals surface area contributed by atoms with Crippen molar-refractivity contribution in [3.05, 3.63) is 179 Å². The number of carbonyl (C=O) groups excluding carboxylic acids is 2. The lowest BCUT2D eigenvalue weighted by molar-refractivity contribution is -0.142. The van der Waals surface area contributed by atoms with E-state index in [1.54, 1.807) is 95.3 Å². The number of likely N-dealkylation sites (tertiary alicyclic amines) is 2. The Bertz CT molecular complexity index is 4000. The summed E-state index contributed by atoms with van der Waals surface area (Å²) in [5, 5.41) is 28.5. The first-order valence-electron chi connectivity index (χ1n) is 29.8. The molecule has 0 aromatic carbocycles. The second-order valence-electron chi connectivity index (χ2n) is 23.3. The minimum absolute atomic E-state index is 0.0285. The van der Waals surface area contributed by atoms with Crippen LogP contribution in [0.15, 0.2) is 142 Å². The van der Waals surface area contributed by atoms with Gasteiger partial charge in [0.15, 0.2) is 5.84 Å². The Kier molecular flexibility index (Phi) is 24.1. The first-order chi connectivity index (χ1) is 45.2. The van der Waals surface area contributed by atoms with Crippen molar-refractivity contribution in [1.82, 2.24) is 60.0 Å². The number of oxime groups is 1. The Morgan fingerprint density at radius 3 is 1.43 bits per heavy atom. The predicted octanol–water partition coefficient (Wildman–Crippen LogP) is 8.90. The summed E-state index contributed by atoms with van der Waals surface area (Å²) in [6.45, 7) is 11.3. The van der Waals surface area contributed by atoms with Gasteiger partial charge in [0.1, 0.15) is 57.4 Å². The van der Waals surface area contributed by atoms with E-state index in [0.29, 0.717) is 71.3 Å². The van der Waals surface area contributed by atoms with Crippen molar-refractivity contribution in [2.75, 3.05) is 34.4 Å². The van der Waals surface area contributed by atoms with Crippen molar-refractivity contribution >= 4 is 24.0 Å². The molecule has 94 heavy (non-hydrogen) atoms. The van der Waals surface area contributed by atoms with Crippen LogP contribution in [0.4, 0.5) is 9.59 Å².